The van der Waals surface area contributed by atoms with Gasteiger partial charge in [0.25, 0.3) is 0 Å². The second-order valence-corrected chi connectivity index (χ2v) is 6.24. The van der Waals surface area contributed by atoms with Crippen LogP contribution in [0.5, 0.6) is 0 Å². The van der Waals surface area contributed by atoms with Gasteiger partial charge in [-0.15, -0.1) is 24.8 Å². The molecule has 146 valence electrons. The van der Waals surface area contributed by atoms with Crippen molar-refractivity contribution in [2.24, 2.45) is 18.7 Å². The molecule has 1 saturated heterocycles. The predicted molar refractivity (Wildman–Crippen MR) is 103 cm³/mol. The van der Waals surface area contributed by atoms with E-state index in [-0.39, 0.29) is 42.5 Å². The van der Waals surface area contributed by atoms with E-state index in [1.807, 2.05) is 11.6 Å². The van der Waals surface area contributed by atoms with E-state index in [1.54, 1.807) is 6.07 Å². The number of nitrogens with zero attached hydrogens (tertiary/aromatic N) is 2. The molecule has 1 amide bonds. The van der Waals surface area contributed by atoms with Gasteiger partial charge < -0.3 is 20.4 Å². The molecule has 1 fully saturated rings. The summed E-state index contributed by atoms with van der Waals surface area (Å²) in [5.74, 6) is 0.544. The fraction of sp³-hybridized carbons (Fsp3) is 0.529. The number of hydrogen-bond acceptors (Lipinski definition) is 4. The largest absolute Gasteiger partial charge is 0.381 e. The van der Waals surface area contributed by atoms with E-state index in [0.717, 1.165) is 24.2 Å². The normalized spacial score (nSPS) is 15.8. The van der Waals surface area contributed by atoms with Gasteiger partial charge in [0.1, 0.15) is 11.6 Å². The zero-order valence-electron chi connectivity index (χ0n) is 14.6. The average Bonchev–Trinajstić information content (AvgIpc) is 2.90. The Balaban J connectivity index is 0.00000169. The summed E-state index contributed by atoms with van der Waals surface area (Å²) in [5.41, 5.74) is 7.54. The van der Waals surface area contributed by atoms with E-state index in [9.17, 15) is 9.18 Å². The molecule has 1 aromatic carbocycles. The number of carbonyl (C=O) groups excluding carboxylic acids is 1. The summed E-state index contributed by atoms with van der Waals surface area (Å²) in [6.45, 7) is 1.79. The molecule has 26 heavy (non-hydrogen) atoms. The summed E-state index contributed by atoms with van der Waals surface area (Å²) in [6.07, 6.45) is 2.22. The molecule has 1 aliphatic heterocycles. The van der Waals surface area contributed by atoms with E-state index in [4.69, 9.17) is 10.5 Å². The zero-order chi connectivity index (χ0) is 17.1. The van der Waals surface area contributed by atoms with Crippen LogP contribution in [0.2, 0.25) is 0 Å². The number of ether oxygens (including phenoxy) is 1. The number of nitrogens with one attached hydrogen (secondary N) is 1. The van der Waals surface area contributed by atoms with Gasteiger partial charge in [0.2, 0.25) is 5.91 Å². The van der Waals surface area contributed by atoms with Crippen molar-refractivity contribution in [3.05, 3.63) is 29.8 Å². The molecule has 0 aliphatic carbocycles. The monoisotopic (exact) mass is 406 g/mol. The summed E-state index contributed by atoms with van der Waals surface area (Å²) >= 11 is 0. The van der Waals surface area contributed by atoms with Crippen LogP contribution in [0.3, 0.4) is 0 Å². The van der Waals surface area contributed by atoms with Gasteiger partial charge >= 0.3 is 0 Å². The summed E-state index contributed by atoms with van der Waals surface area (Å²) < 4.78 is 20.5. The Bertz CT molecular complexity index is 735. The molecule has 2 heterocycles. The number of nitrogens with two attached hydrogens (primary N) is 1. The Labute approximate surface area is 164 Å². The molecule has 1 atom stereocenters. The van der Waals surface area contributed by atoms with E-state index in [0.29, 0.717) is 31.7 Å². The Morgan fingerprint density at radius 2 is 2.12 bits per heavy atom. The molecule has 1 unspecified atom stereocenters. The van der Waals surface area contributed by atoms with Crippen LogP contribution >= 0.6 is 24.8 Å². The highest BCUT2D eigenvalue weighted by atomic mass is 35.5. The standard InChI is InChI=1S/C17H23FN4O2.2ClH/c1-22-14-3-2-12(18)10-13(14)21-15(22)4-7-20-17(23)16(19)11-5-8-24-9-6-11;;/h2-3,10-11,16H,4-9,19H2,1H3,(H,20,23);2*1H. The highest BCUT2D eigenvalue weighted by Gasteiger charge is 2.26. The number of carbonyl (C=O) groups is 1. The first-order valence-electron chi connectivity index (χ1n) is 8.28. The summed E-state index contributed by atoms with van der Waals surface area (Å²) in [6, 6.07) is 4.05. The lowest BCUT2D eigenvalue weighted by molar-refractivity contribution is -0.124. The topological polar surface area (TPSA) is 82.2 Å². The molecule has 3 rings (SSSR count). The molecular weight excluding hydrogens is 382 g/mol. The number of halogens is 3. The van der Waals surface area contributed by atoms with Gasteiger partial charge in [0.15, 0.2) is 0 Å². The third-order valence-corrected chi connectivity index (χ3v) is 4.66. The Morgan fingerprint density at radius 1 is 1.42 bits per heavy atom. The maximum Gasteiger partial charge on any atom is 0.237 e. The van der Waals surface area contributed by atoms with Crippen LogP contribution in [-0.2, 0) is 23.0 Å². The lowest BCUT2D eigenvalue weighted by atomic mass is 9.92. The number of aromatic nitrogens is 2. The summed E-state index contributed by atoms with van der Waals surface area (Å²) in [5, 5.41) is 2.88. The minimum atomic E-state index is -0.497. The van der Waals surface area contributed by atoms with Crippen LogP contribution in [0.1, 0.15) is 18.7 Å². The van der Waals surface area contributed by atoms with Crippen molar-refractivity contribution in [3.63, 3.8) is 0 Å². The Hall–Kier alpha value is -1.41. The van der Waals surface area contributed by atoms with E-state index in [1.165, 1.54) is 12.1 Å². The maximum absolute atomic E-state index is 13.3. The lowest BCUT2D eigenvalue weighted by Crippen LogP contribution is -2.47. The fourth-order valence-corrected chi connectivity index (χ4v) is 3.15. The molecule has 0 bridgehead atoms. The van der Waals surface area contributed by atoms with Crippen molar-refractivity contribution in [1.82, 2.24) is 14.9 Å². The van der Waals surface area contributed by atoms with Crippen LogP contribution in [0.25, 0.3) is 11.0 Å². The summed E-state index contributed by atoms with van der Waals surface area (Å²) in [4.78, 5) is 16.6. The highest BCUT2D eigenvalue weighted by molar-refractivity contribution is 5.85. The first-order chi connectivity index (χ1) is 11.6. The van der Waals surface area contributed by atoms with Crippen LogP contribution in [0.15, 0.2) is 18.2 Å². The molecular formula is C17H25Cl2FN4O2. The number of benzene rings is 1. The Kier molecular flexibility index (Phi) is 8.76. The number of aryl methyl sites for hydroxylation is 1. The van der Waals surface area contributed by atoms with Gasteiger partial charge in [-0.3, -0.25) is 4.79 Å². The fourth-order valence-electron chi connectivity index (χ4n) is 3.15. The number of hydrogen-bond donors (Lipinski definition) is 2. The number of fused-ring (bicyclic) bond motifs is 1. The van der Waals surface area contributed by atoms with E-state index < -0.39 is 6.04 Å². The SMILES string of the molecule is Cl.Cl.Cn1c(CCNC(=O)C(N)C2CCOCC2)nc2cc(F)ccc21. The van der Waals surface area contributed by atoms with Crippen LogP contribution in [0, 0.1) is 11.7 Å². The van der Waals surface area contributed by atoms with E-state index >= 15 is 0 Å². The quantitative estimate of drug-likeness (QED) is 0.794. The first kappa shape index (κ1) is 22.6. The highest BCUT2D eigenvalue weighted by Crippen LogP contribution is 2.18. The van der Waals surface area contributed by atoms with Crippen molar-refractivity contribution in [2.75, 3.05) is 19.8 Å². The molecule has 6 nitrogen and oxygen atoms in total. The van der Waals surface area contributed by atoms with E-state index in [2.05, 4.69) is 10.3 Å². The second-order valence-electron chi connectivity index (χ2n) is 6.24. The van der Waals surface area contributed by atoms with Crippen molar-refractivity contribution in [1.29, 1.82) is 0 Å². The van der Waals surface area contributed by atoms with Crippen LogP contribution in [-0.4, -0.2) is 41.3 Å². The average molecular weight is 407 g/mol. The molecule has 2 aromatic rings. The number of rotatable bonds is 5. The molecule has 0 spiro atoms. The second kappa shape index (κ2) is 10.1. The summed E-state index contributed by atoms with van der Waals surface area (Å²) in [7, 11) is 1.89. The van der Waals surface area contributed by atoms with Crippen molar-refractivity contribution in [3.8, 4) is 0 Å². The third-order valence-electron chi connectivity index (χ3n) is 4.66. The van der Waals surface area contributed by atoms with Gasteiger partial charge in [-0.1, -0.05) is 0 Å². The lowest BCUT2D eigenvalue weighted by Gasteiger charge is -2.26. The first-order valence-corrected chi connectivity index (χ1v) is 8.28. The predicted octanol–water partition coefficient (Wildman–Crippen LogP) is 1.97. The van der Waals surface area contributed by atoms with Crippen molar-refractivity contribution >= 4 is 41.8 Å². The van der Waals surface area contributed by atoms with Gasteiger partial charge in [-0.25, -0.2) is 9.37 Å². The molecule has 9 heteroatoms. The smallest absolute Gasteiger partial charge is 0.237 e. The molecule has 1 aliphatic rings. The van der Waals surface area contributed by atoms with Gasteiger partial charge in [-0.05, 0) is 30.9 Å². The van der Waals surface area contributed by atoms with Gasteiger partial charge in [0.05, 0.1) is 17.1 Å². The van der Waals surface area contributed by atoms with Crippen molar-refractivity contribution < 1.29 is 13.9 Å². The minimum Gasteiger partial charge on any atom is -0.381 e. The van der Waals surface area contributed by atoms with Crippen LogP contribution < -0.4 is 11.1 Å². The van der Waals surface area contributed by atoms with Crippen molar-refractivity contribution in [2.45, 2.75) is 25.3 Å². The molecule has 1 aromatic heterocycles. The maximum atomic E-state index is 13.3. The minimum absolute atomic E-state index is 0. The van der Waals surface area contributed by atoms with Gasteiger partial charge in [0, 0.05) is 39.3 Å². The molecule has 3 N–H and O–H groups in total. The third kappa shape index (κ3) is 5.07. The van der Waals surface area contributed by atoms with Crippen LogP contribution in [0.4, 0.5) is 4.39 Å². The number of amides is 1. The molecule has 0 radical (unpaired) electrons. The molecule has 0 saturated carbocycles. The number of imidazole rings is 1. The van der Waals surface area contributed by atoms with Gasteiger partial charge in [-0.2, -0.15) is 0 Å². The zero-order valence-corrected chi connectivity index (χ0v) is 16.2. The Morgan fingerprint density at radius 3 is 2.81 bits per heavy atom.